The topological polar surface area (TPSA) is 12.0 Å². The Bertz CT molecular complexity index is 109. The highest BCUT2D eigenvalue weighted by Gasteiger charge is 1.86. The molecule has 1 rings (SSSR count). The number of hydrogen-bond donors (Lipinski definition) is 1. The van der Waals surface area contributed by atoms with Crippen molar-refractivity contribution in [1.29, 1.82) is 0 Å². The van der Waals surface area contributed by atoms with Gasteiger partial charge in [0.05, 0.1) is 0 Å². The van der Waals surface area contributed by atoms with Crippen LogP contribution in [0.1, 0.15) is 19.3 Å². The summed E-state index contributed by atoms with van der Waals surface area (Å²) in [4.78, 5) is 0. The molecule has 0 aliphatic carbocycles. The Morgan fingerprint density at radius 1 is 1.11 bits per heavy atom. The Balaban J connectivity index is 2.29. The number of nitrogens with one attached hydrogen (secondary N) is 1. The first-order chi connectivity index (χ1) is 4.50. The van der Waals surface area contributed by atoms with Crippen molar-refractivity contribution in [3.05, 3.63) is 17.9 Å². The summed E-state index contributed by atoms with van der Waals surface area (Å²) in [5.41, 5.74) is 3.14. The summed E-state index contributed by atoms with van der Waals surface area (Å²) >= 11 is 0. The molecule has 1 aliphatic heterocycles. The number of hydrogen-bond acceptors (Lipinski definition) is 1. The van der Waals surface area contributed by atoms with E-state index in [4.69, 9.17) is 0 Å². The van der Waals surface area contributed by atoms with Gasteiger partial charge in [-0.1, -0.05) is 0 Å². The van der Waals surface area contributed by atoms with Crippen LogP contribution in [0.3, 0.4) is 0 Å². The normalized spacial score (nSPS) is 20.4. The van der Waals surface area contributed by atoms with Crippen LogP contribution in [0.15, 0.2) is 17.9 Å². The Hall–Kier alpha value is -0.520. The molecule has 0 bridgehead atoms. The van der Waals surface area contributed by atoms with Crippen molar-refractivity contribution in [3.8, 4) is 0 Å². The first-order valence-corrected chi connectivity index (χ1v) is 3.60. The summed E-state index contributed by atoms with van der Waals surface area (Å²) in [7, 11) is 0. The lowest BCUT2D eigenvalue weighted by molar-refractivity contribution is 0.662. The molecule has 9 heavy (non-hydrogen) atoms. The molecule has 1 heterocycles. The highest BCUT2D eigenvalue weighted by atomic mass is 14.8. The van der Waals surface area contributed by atoms with Gasteiger partial charge in [0, 0.05) is 0 Å². The van der Waals surface area contributed by atoms with Gasteiger partial charge in [-0.15, -0.1) is 5.73 Å². The van der Waals surface area contributed by atoms with Crippen LogP contribution in [0, 0.1) is 0 Å². The van der Waals surface area contributed by atoms with Crippen LogP contribution in [0.5, 0.6) is 0 Å². The fourth-order valence-electron chi connectivity index (χ4n) is 0.878. The molecule has 0 fully saturated rings. The third-order valence-electron chi connectivity index (χ3n) is 1.40. The number of rotatable bonds is 0. The highest BCUT2D eigenvalue weighted by Crippen LogP contribution is 1.90. The lowest BCUT2D eigenvalue weighted by Crippen LogP contribution is -2.15. The van der Waals surface area contributed by atoms with Gasteiger partial charge in [0.2, 0.25) is 0 Å². The second kappa shape index (κ2) is 4.37. The van der Waals surface area contributed by atoms with Crippen molar-refractivity contribution in [1.82, 2.24) is 5.32 Å². The van der Waals surface area contributed by atoms with Crippen molar-refractivity contribution >= 4 is 0 Å². The van der Waals surface area contributed by atoms with Gasteiger partial charge in [-0.05, 0) is 44.5 Å². The van der Waals surface area contributed by atoms with Crippen molar-refractivity contribution in [2.24, 2.45) is 0 Å². The minimum Gasteiger partial charge on any atom is -0.316 e. The fourth-order valence-corrected chi connectivity index (χ4v) is 0.878. The molecule has 0 spiro atoms. The molecule has 0 aromatic carbocycles. The predicted molar refractivity (Wildman–Crippen MR) is 39.4 cm³/mol. The zero-order chi connectivity index (χ0) is 6.36. The van der Waals surface area contributed by atoms with Gasteiger partial charge in [0.15, 0.2) is 0 Å². The highest BCUT2D eigenvalue weighted by molar-refractivity contribution is 4.86. The zero-order valence-corrected chi connectivity index (χ0v) is 5.69. The molecule has 1 heteroatoms. The summed E-state index contributed by atoms with van der Waals surface area (Å²) in [6, 6.07) is 0. The van der Waals surface area contributed by atoms with E-state index in [0.29, 0.717) is 0 Å². The van der Waals surface area contributed by atoms with E-state index in [0.717, 1.165) is 19.5 Å². The average molecular weight is 123 g/mol. The van der Waals surface area contributed by atoms with Crippen molar-refractivity contribution in [2.45, 2.75) is 19.3 Å². The summed E-state index contributed by atoms with van der Waals surface area (Å²) in [6.07, 6.45) is 7.76. The second-order valence-corrected chi connectivity index (χ2v) is 2.26. The molecule has 1 nitrogen and oxygen atoms in total. The van der Waals surface area contributed by atoms with E-state index in [-0.39, 0.29) is 0 Å². The van der Waals surface area contributed by atoms with Crippen LogP contribution >= 0.6 is 0 Å². The monoisotopic (exact) mass is 123 g/mol. The van der Waals surface area contributed by atoms with Crippen molar-refractivity contribution in [2.75, 3.05) is 13.1 Å². The van der Waals surface area contributed by atoms with Crippen LogP contribution in [0.25, 0.3) is 0 Å². The van der Waals surface area contributed by atoms with Crippen LogP contribution < -0.4 is 5.32 Å². The van der Waals surface area contributed by atoms with E-state index < -0.39 is 0 Å². The van der Waals surface area contributed by atoms with Crippen LogP contribution in [0.2, 0.25) is 0 Å². The van der Waals surface area contributed by atoms with E-state index in [9.17, 15) is 0 Å². The van der Waals surface area contributed by atoms with E-state index in [1.807, 2.05) is 0 Å². The smallest absolute Gasteiger partial charge is 0.000817 e. The quantitative estimate of drug-likeness (QED) is 0.481. The SMILES string of the molecule is C1=CCCCNCCC=1. The summed E-state index contributed by atoms with van der Waals surface area (Å²) in [5.74, 6) is 0. The average Bonchev–Trinajstić information content (AvgIpc) is 2.00. The zero-order valence-electron chi connectivity index (χ0n) is 5.69. The van der Waals surface area contributed by atoms with Crippen LogP contribution in [-0.4, -0.2) is 13.1 Å². The Morgan fingerprint density at radius 2 is 2.00 bits per heavy atom. The van der Waals surface area contributed by atoms with E-state index in [2.05, 4.69) is 23.2 Å². The summed E-state index contributed by atoms with van der Waals surface area (Å²) < 4.78 is 0. The molecule has 0 radical (unpaired) electrons. The standard InChI is InChI=1S/C8H13N/c1-2-4-6-8-9-7-5-3-1/h1,4,9H,3,5-8H2. The van der Waals surface area contributed by atoms with Gasteiger partial charge >= 0.3 is 0 Å². The van der Waals surface area contributed by atoms with Crippen molar-refractivity contribution < 1.29 is 0 Å². The Morgan fingerprint density at radius 3 is 3.00 bits per heavy atom. The molecular formula is C8H13N. The minimum absolute atomic E-state index is 1.11. The molecule has 1 N–H and O–H groups in total. The maximum Gasteiger partial charge on any atom is -0.000817 e. The molecule has 0 saturated heterocycles. The third kappa shape index (κ3) is 3.12. The Kier molecular flexibility index (Phi) is 3.20. The van der Waals surface area contributed by atoms with Crippen molar-refractivity contribution in [3.63, 3.8) is 0 Å². The molecule has 0 unspecified atom stereocenters. The second-order valence-electron chi connectivity index (χ2n) is 2.26. The predicted octanol–water partition coefficient (Wildman–Crippen LogP) is 1.47. The lowest BCUT2D eigenvalue weighted by atomic mass is 10.3. The molecule has 0 aromatic rings. The Labute approximate surface area is 56.5 Å². The fraction of sp³-hybridized carbons (Fsp3) is 0.625. The third-order valence-corrected chi connectivity index (χ3v) is 1.40. The van der Waals surface area contributed by atoms with Gasteiger partial charge in [-0.25, -0.2) is 0 Å². The largest absolute Gasteiger partial charge is 0.316 e. The van der Waals surface area contributed by atoms with E-state index in [1.54, 1.807) is 0 Å². The molecular weight excluding hydrogens is 110 g/mol. The molecule has 0 amide bonds. The van der Waals surface area contributed by atoms with Crippen LogP contribution in [-0.2, 0) is 0 Å². The first kappa shape index (κ1) is 6.60. The van der Waals surface area contributed by atoms with Crippen LogP contribution in [0.4, 0.5) is 0 Å². The molecule has 50 valence electrons. The van der Waals surface area contributed by atoms with E-state index in [1.165, 1.54) is 12.8 Å². The summed E-state index contributed by atoms with van der Waals surface area (Å²) in [5, 5.41) is 3.34. The maximum absolute atomic E-state index is 3.34. The molecule has 0 aromatic heterocycles. The summed E-state index contributed by atoms with van der Waals surface area (Å²) in [6.45, 7) is 2.27. The first-order valence-electron chi connectivity index (χ1n) is 3.60. The van der Waals surface area contributed by atoms with Gasteiger partial charge < -0.3 is 5.32 Å². The lowest BCUT2D eigenvalue weighted by Gasteiger charge is -1.97. The van der Waals surface area contributed by atoms with Gasteiger partial charge in [-0.2, -0.15) is 0 Å². The molecule has 0 saturated carbocycles. The van der Waals surface area contributed by atoms with Gasteiger partial charge in [0.25, 0.3) is 0 Å². The molecule has 1 aliphatic rings. The van der Waals surface area contributed by atoms with E-state index >= 15 is 0 Å². The molecule has 0 atom stereocenters. The minimum atomic E-state index is 1.11. The maximum atomic E-state index is 3.34. The van der Waals surface area contributed by atoms with Gasteiger partial charge in [-0.3, -0.25) is 0 Å². The van der Waals surface area contributed by atoms with Gasteiger partial charge in [0.1, 0.15) is 0 Å².